The lowest BCUT2D eigenvalue weighted by Gasteiger charge is -2.35. The summed E-state index contributed by atoms with van der Waals surface area (Å²) in [5, 5.41) is 3.97. The average molecular weight is 421 g/mol. The van der Waals surface area contributed by atoms with Gasteiger partial charge < -0.3 is 19.3 Å². The van der Waals surface area contributed by atoms with Crippen LogP contribution in [0.3, 0.4) is 0 Å². The number of hydrogen-bond acceptors (Lipinski definition) is 5. The Hall–Kier alpha value is -0.790. The number of nitrogens with one attached hydrogen (secondary N) is 2. The van der Waals surface area contributed by atoms with E-state index in [1.54, 1.807) is 0 Å². The third kappa shape index (κ3) is 5.88. The summed E-state index contributed by atoms with van der Waals surface area (Å²) in [4.78, 5) is 0. The third-order valence-electron chi connectivity index (χ3n) is 6.52. The first-order chi connectivity index (χ1) is 14.2. The Morgan fingerprint density at radius 3 is 2.66 bits per heavy atom. The number of hydrogen-bond donors (Lipinski definition) is 2. The predicted octanol–water partition coefficient (Wildman–Crippen LogP) is 3.66. The van der Waals surface area contributed by atoms with Crippen LogP contribution in [0.5, 0.6) is 5.75 Å². The van der Waals surface area contributed by atoms with Crippen molar-refractivity contribution in [3.8, 4) is 5.75 Å². The summed E-state index contributed by atoms with van der Waals surface area (Å²) >= 11 is -0.875. The van der Waals surface area contributed by atoms with Gasteiger partial charge in [-0.25, -0.2) is 0 Å². The van der Waals surface area contributed by atoms with Gasteiger partial charge in [0.05, 0.1) is 31.4 Å². The molecule has 6 heteroatoms. The van der Waals surface area contributed by atoms with Crippen LogP contribution in [0.25, 0.3) is 0 Å². The number of ether oxygens (including phenoxy) is 2. The minimum absolute atomic E-state index is 0.264. The highest BCUT2D eigenvalue weighted by atomic mass is 32.2. The quantitative estimate of drug-likeness (QED) is 0.597. The molecular formula is C23H36N2O3S. The van der Waals surface area contributed by atoms with Crippen LogP contribution in [0.2, 0.25) is 0 Å². The molecule has 1 heterocycles. The van der Waals surface area contributed by atoms with Gasteiger partial charge in [-0.3, -0.25) is 0 Å². The van der Waals surface area contributed by atoms with Crippen LogP contribution in [0, 0.1) is 0 Å². The van der Waals surface area contributed by atoms with Crippen molar-refractivity contribution in [1.29, 1.82) is 0 Å². The van der Waals surface area contributed by atoms with Gasteiger partial charge in [0, 0.05) is 24.2 Å². The molecule has 3 fully saturated rings. The second-order valence-corrected chi connectivity index (χ2v) is 10.2. The van der Waals surface area contributed by atoms with Crippen molar-refractivity contribution in [2.24, 2.45) is 0 Å². The minimum Gasteiger partial charge on any atom is -0.598 e. The second kappa shape index (κ2) is 10.5. The molecule has 3 atom stereocenters. The molecule has 1 aromatic carbocycles. The monoisotopic (exact) mass is 420 g/mol. The van der Waals surface area contributed by atoms with Gasteiger partial charge in [0.2, 0.25) is 0 Å². The summed E-state index contributed by atoms with van der Waals surface area (Å²) in [6, 6.07) is 9.02. The second-order valence-electron chi connectivity index (χ2n) is 8.70. The molecule has 0 aromatic heterocycles. The standard InChI is InChI=1S/C23H36N2O3S/c1-2-27-23-8-4-3-6-20(23)17-9-11-18(12-10-17)28-16-22-21(7-5-15-24-22)25-29(26)19-13-14-19/h3-4,6,8,17-19,21-22,24-25H,2,5,7,9-16H2,1H3/t17-,18+,21?,22?,29?. The van der Waals surface area contributed by atoms with E-state index in [0.717, 1.165) is 63.7 Å². The molecule has 29 heavy (non-hydrogen) atoms. The maximum atomic E-state index is 12.3. The van der Waals surface area contributed by atoms with E-state index in [1.807, 2.05) is 6.92 Å². The topological polar surface area (TPSA) is 65.6 Å². The molecule has 1 saturated heterocycles. The lowest BCUT2D eigenvalue weighted by molar-refractivity contribution is 0.00509. The van der Waals surface area contributed by atoms with Gasteiger partial charge in [0.15, 0.2) is 0 Å². The van der Waals surface area contributed by atoms with E-state index in [2.05, 4.69) is 34.3 Å². The molecule has 2 N–H and O–H groups in total. The molecule has 0 bridgehead atoms. The summed E-state index contributed by atoms with van der Waals surface area (Å²) in [5.74, 6) is 1.61. The van der Waals surface area contributed by atoms with Crippen LogP contribution >= 0.6 is 0 Å². The molecule has 0 radical (unpaired) electrons. The summed E-state index contributed by atoms with van der Waals surface area (Å²) < 4.78 is 27.8. The number of piperidine rings is 1. The first-order valence-corrected chi connectivity index (χ1v) is 12.7. The SMILES string of the molecule is CCOc1ccccc1[C@H]1CC[C@@H](OCC2NCCCC2N[S+]([O-])C2CC2)CC1. The molecule has 1 aromatic rings. The van der Waals surface area contributed by atoms with E-state index in [1.165, 1.54) is 5.56 Å². The Kier molecular flexibility index (Phi) is 7.76. The molecule has 162 valence electrons. The fraction of sp³-hybridized carbons (Fsp3) is 0.739. The Bertz CT molecular complexity index is 634. The lowest BCUT2D eigenvalue weighted by Crippen LogP contribution is -2.56. The molecule has 3 aliphatic rings. The highest BCUT2D eigenvalue weighted by Gasteiger charge is 2.38. The summed E-state index contributed by atoms with van der Waals surface area (Å²) in [6.07, 6.45) is 9.28. The highest BCUT2D eigenvalue weighted by molar-refractivity contribution is 7.90. The van der Waals surface area contributed by atoms with Crippen molar-refractivity contribution in [2.45, 2.75) is 87.6 Å². The van der Waals surface area contributed by atoms with Gasteiger partial charge in [0.25, 0.3) is 0 Å². The van der Waals surface area contributed by atoms with Crippen molar-refractivity contribution >= 4 is 11.4 Å². The van der Waals surface area contributed by atoms with E-state index >= 15 is 0 Å². The van der Waals surface area contributed by atoms with Crippen molar-refractivity contribution < 1.29 is 14.0 Å². The number of para-hydroxylation sites is 1. The van der Waals surface area contributed by atoms with Gasteiger partial charge in [0.1, 0.15) is 11.0 Å². The minimum atomic E-state index is -0.875. The Labute approximate surface area is 178 Å². The predicted molar refractivity (Wildman–Crippen MR) is 118 cm³/mol. The van der Waals surface area contributed by atoms with Gasteiger partial charge in [-0.2, -0.15) is 0 Å². The first kappa shape index (κ1) is 21.4. The first-order valence-electron chi connectivity index (χ1n) is 11.5. The number of rotatable bonds is 9. The van der Waals surface area contributed by atoms with Crippen LogP contribution in [-0.4, -0.2) is 47.7 Å². The Morgan fingerprint density at radius 2 is 1.90 bits per heavy atom. The number of benzene rings is 1. The summed E-state index contributed by atoms with van der Waals surface area (Å²) in [7, 11) is 0. The molecule has 0 spiro atoms. The van der Waals surface area contributed by atoms with Crippen LogP contribution in [-0.2, 0) is 16.1 Å². The normalized spacial score (nSPS) is 31.4. The van der Waals surface area contributed by atoms with E-state index in [-0.39, 0.29) is 12.1 Å². The summed E-state index contributed by atoms with van der Waals surface area (Å²) in [6.45, 7) is 4.50. The molecule has 3 unspecified atom stereocenters. The van der Waals surface area contributed by atoms with Gasteiger partial charge in [-0.15, -0.1) is 4.72 Å². The molecule has 1 aliphatic heterocycles. The van der Waals surface area contributed by atoms with Crippen LogP contribution in [0.4, 0.5) is 0 Å². The van der Waals surface area contributed by atoms with Crippen molar-refractivity contribution in [2.75, 3.05) is 19.8 Å². The fourth-order valence-corrected chi connectivity index (χ4v) is 6.02. The van der Waals surface area contributed by atoms with Crippen LogP contribution in [0.1, 0.15) is 69.8 Å². The zero-order chi connectivity index (χ0) is 20.1. The maximum absolute atomic E-state index is 12.3. The smallest absolute Gasteiger partial charge is 0.135 e. The van der Waals surface area contributed by atoms with Gasteiger partial charge in [-0.05, 0) is 69.5 Å². The van der Waals surface area contributed by atoms with E-state index in [9.17, 15) is 4.55 Å². The van der Waals surface area contributed by atoms with E-state index < -0.39 is 11.4 Å². The van der Waals surface area contributed by atoms with Gasteiger partial charge >= 0.3 is 0 Å². The Balaban J connectivity index is 1.24. The Morgan fingerprint density at radius 1 is 1.10 bits per heavy atom. The van der Waals surface area contributed by atoms with E-state index in [0.29, 0.717) is 30.5 Å². The molecule has 2 saturated carbocycles. The molecular weight excluding hydrogens is 384 g/mol. The zero-order valence-corrected chi connectivity index (χ0v) is 18.4. The van der Waals surface area contributed by atoms with Crippen LogP contribution in [0.15, 0.2) is 24.3 Å². The molecule has 5 nitrogen and oxygen atoms in total. The molecule has 2 aliphatic carbocycles. The lowest BCUT2D eigenvalue weighted by atomic mass is 9.82. The zero-order valence-electron chi connectivity index (χ0n) is 17.6. The largest absolute Gasteiger partial charge is 0.598 e. The molecule has 0 amide bonds. The third-order valence-corrected chi connectivity index (χ3v) is 8.14. The molecule has 4 rings (SSSR count). The van der Waals surface area contributed by atoms with E-state index in [4.69, 9.17) is 9.47 Å². The average Bonchev–Trinajstić information content (AvgIpc) is 3.60. The highest BCUT2D eigenvalue weighted by Crippen LogP contribution is 2.38. The maximum Gasteiger partial charge on any atom is 0.135 e. The van der Waals surface area contributed by atoms with Crippen LogP contribution < -0.4 is 14.8 Å². The summed E-state index contributed by atoms with van der Waals surface area (Å²) in [5.41, 5.74) is 1.36. The van der Waals surface area contributed by atoms with Crippen molar-refractivity contribution in [1.82, 2.24) is 10.0 Å². The fourth-order valence-electron chi connectivity index (χ4n) is 4.68. The van der Waals surface area contributed by atoms with Crippen molar-refractivity contribution in [3.05, 3.63) is 29.8 Å². The van der Waals surface area contributed by atoms with Gasteiger partial charge in [-0.1, -0.05) is 18.2 Å². The van der Waals surface area contributed by atoms with Crippen molar-refractivity contribution in [3.63, 3.8) is 0 Å².